The molecule has 2 heterocycles. The average molecular weight is 454 g/mol. The third-order valence-electron chi connectivity index (χ3n) is 3.43. The van der Waals surface area contributed by atoms with Crippen molar-refractivity contribution >= 4 is 57.6 Å². The van der Waals surface area contributed by atoms with Gasteiger partial charge in [0.1, 0.15) is 12.4 Å². The summed E-state index contributed by atoms with van der Waals surface area (Å²) in [5.41, 5.74) is -0.283. The molecule has 3 rings (SSSR count). The maximum absolute atomic E-state index is 13.1. The van der Waals surface area contributed by atoms with Gasteiger partial charge in [-0.2, -0.15) is 18.3 Å². The van der Waals surface area contributed by atoms with E-state index in [-0.39, 0.29) is 11.5 Å². The minimum Gasteiger partial charge on any atom is -0.445 e. The minimum absolute atomic E-state index is 0.271. The number of aromatic nitrogens is 3. The van der Waals surface area contributed by atoms with Gasteiger partial charge in [-0.25, -0.2) is 9.48 Å². The molecule has 0 aliphatic heterocycles. The van der Waals surface area contributed by atoms with Crippen LogP contribution >= 0.6 is 34.8 Å². The number of alkyl halides is 6. The van der Waals surface area contributed by atoms with Crippen LogP contribution in [0.1, 0.15) is 5.69 Å². The van der Waals surface area contributed by atoms with E-state index in [1.807, 2.05) is 0 Å². The van der Waals surface area contributed by atoms with Crippen LogP contribution in [0.5, 0.6) is 0 Å². The SMILES string of the molecule is O=C(Nc1cc(C(F)(F)F)nn1-c1ccc2ncccc2c1)OCC(Cl)(Cl)Cl. The summed E-state index contributed by atoms with van der Waals surface area (Å²) in [7, 11) is 0. The van der Waals surface area contributed by atoms with Gasteiger partial charge in [0, 0.05) is 17.6 Å². The fourth-order valence-electron chi connectivity index (χ4n) is 2.29. The van der Waals surface area contributed by atoms with Gasteiger partial charge in [-0.05, 0) is 24.3 Å². The number of pyridine rings is 1. The first-order valence-electron chi connectivity index (χ1n) is 7.56. The molecule has 3 aromatic rings. The number of hydrogen-bond acceptors (Lipinski definition) is 4. The summed E-state index contributed by atoms with van der Waals surface area (Å²) in [6.45, 7) is -0.592. The van der Waals surface area contributed by atoms with Crippen LogP contribution in [0.3, 0.4) is 0 Å². The van der Waals surface area contributed by atoms with Gasteiger partial charge in [-0.15, -0.1) is 0 Å². The van der Waals surface area contributed by atoms with Crippen molar-refractivity contribution in [1.82, 2.24) is 14.8 Å². The summed E-state index contributed by atoms with van der Waals surface area (Å²) < 4.78 is 43.1. The van der Waals surface area contributed by atoms with E-state index in [0.29, 0.717) is 17.0 Å². The Kier molecular flexibility index (Phi) is 5.60. The quantitative estimate of drug-likeness (QED) is 0.542. The summed E-state index contributed by atoms with van der Waals surface area (Å²) >= 11 is 16.4. The zero-order valence-corrected chi connectivity index (χ0v) is 15.9. The second kappa shape index (κ2) is 7.65. The van der Waals surface area contributed by atoms with Crippen LogP contribution in [0.15, 0.2) is 42.6 Å². The summed E-state index contributed by atoms with van der Waals surface area (Å²) in [5.74, 6) is -0.273. The average Bonchev–Trinajstić information content (AvgIpc) is 3.03. The number of carbonyl (C=O) groups is 1. The number of nitrogens with zero attached hydrogens (tertiary/aromatic N) is 3. The van der Waals surface area contributed by atoms with Gasteiger partial charge in [0.25, 0.3) is 0 Å². The topological polar surface area (TPSA) is 69.0 Å². The van der Waals surface area contributed by atoms with Gasteiger partial charge >= 0.3 is 12.3 Å². The van der Waals surface area contributed by atoms with E-state index in [4.69, 9.17) is 34.8 Å². The molecule has 6 nitrogen and oxygen atoms in total. The molecule has 0 unspecified atom stereocenters. The molecular formula is C16H10Cl3F3N4O2. The molecule has 12 heteroatoms. The largest absolute Gasteiger partial charge is 0.445 e. The van der Waals surface area contributed by atoms with E-state index in [9.17, 15) is 18.0 Å². The standard InChI is InChI=1S/C16H10Cl3F3N4O2/c17-15(18,19)8-28-14(27)24-13-7-12(16(20,21)22)25-26(13)10-3-4-11-9(6-10)2-1-5-23-11/h1-7H,8H2,(H,24,27). The maximum atomic E-state index is 13.1. The Morgan fingerprint density at radius 3 is 2.61 bits per heavy atom. The second-order valence-electron chi connectivity index (χ2n) is 5.52. The Bertz CT molecular complexity index is 1020. The molecule has 0 saturated carbocycles. The van der Waals surface area contributed by atoms with Crippen molar-refractivity contribution < 1.29 is 22.7 Å². The predicted octanol–water partition coefficient (Wildman–Crippen LogP) is 5.36. The van der Waals surface area contributed by atoms with Crippen molar-refractivity contribution in [2.75, 3.05) is 11.9 Å². The van der Waals surface area contributed by atoms with Crippen LogP contribution in [-0.2, 0) is 10.9 Å². The lowest BCUT2D eigenvalue weighted by Crippen LogP contribution is -2.22. The molecule has 28 heavy (non-hydrogen) atoms. The van der Waals surface area contributed by atoms with Crippen LogP contribution in [0.4, 0.5) is 23.8 Å². The first kappa shape index (κ1) is 20.5. The number of anilines is 1. The lowest BCUT2D eigenvalue weighted by atomic mass is 10.2. The lowest BCUT2D eigenvalue weighted by Gasteiger charge is -2.13. The number of nitrogens with one attached hydrogen (secondary N) is 1. The number of fused-ring (bicyclic) bond motifs is 1. The number of carbonyl (C=O) groups excluding carboxylic acids is 1. The molecule has 0 spiro atoms. The molecule has 1 aromatic carbocycles. The number of hydrogen-bond donors (Lipinski definition) is 1. The summed E-state index contributed by atoms with van der Waals surface area (Å²) in [6.07, 6.45) is -4.24. The Hall–Kier alpha value is -2.23. The van der Waals surface area contributed by atoms with E-state index in [0.717, 1.165) is 4.68 Å². The highest BCUT2D eigenvalue weighted by Crippen LogP contribution is 2.32. The lowest BCUT2D eigenvalue weighted by molar-refractivity contribution is -0.141. The summed E-state index contributed by atoms with van der Waals surface area (Å²) in [6, 6.07) is 8.80. The van der Waals surface area contributed by atoms with Crippen molar-refractivity contribution in [3.63, 3.8) is 0 Å². The van der Waals surface area contributed by atoms with Gasteiger partial charge in [0.15, 0.2) is 5.69 Å². The molecule has 148 valence electrons. The van der Waals surface area contributed by atoms with E-state index in [2.05, 4.69) is 20.1 Å². The highest BCUT2D eigenvalue weighted by atomic mass is 35.6. The molecule has 1 N–H and O–H groups in total. The molecule has 0 fully saturated rings. The zero-order valence-electron chi connectivity index (χ0n) is 13.7. The summed E-state index contributed by atoms with van der Waals surface area (Å²) in [4.78, 5) is 16.0. The third kappa shape index (κ3) is 4.98. The highest BCUT2D eigenvalue weighted by molar-refractivity contribution is 6.67. The number of ether oxygens (including phenoxy) is 1. The Morgan fingerprint density at radius 2 is 1.93 bits per heavy atom. The van der Waals surface area contributed by atoms with E-state index in [1.165, 1.54) is 6.07 Å². The predicted molar refractivity (Wildman–Crippen MR) is 99.1 cm³/mol. The van der Waals surface area contributed by atoms with E-state index >= 15 is 0 Å². The molecule has 0 aliphatic carbocycles. The fraction of sp³-hybridized carbons (Fsp3) is 0.188. The molecule has 1 amide bonds. The van der Waals surface area contributed by atoms with Gasteiger partial charge in [0.05, 0.1) is 11.2 Å². The Balaban J connectivity index is 1.96. The molecule has 0 atom stereocenters. The minimum atomic E-state index is -4.72. The third-order valence-corrected chi connectivity index (χ3v) is 3.76. The van der Waals surface area contributed by atoms with Crippen molar-refractivity contribution in [3.05, 3.63) is 48.3 Å². The van der Waals surface area contributed by atoms with Gasteiger partial charge in [-0.1, -0.05) is 40.9 Å². The van der Waals surface area contributed by atoms with Crippen molar-refractivity contribution in [2.45, 2.75) is 9.97 Å². The monoisotopic (exact) mass is 452 g/mol. The number of rotatable bonds is 3. The molecule has 0 radical (unpaired) electrons. The first-order valence-corrected chi connectivity index (χ1v) is 8.69. The smallest absolute Gasteiger partial charge is 0.435 e. The van der Waals surface area contributed by atoms with E-state index in [1.54, 1.807) is 30.5 Å². The highest BCUT2D eigenvalue weighted by Gasteiger charge is 2.35. The van der Waals surface area contributed by atoms with Gasteiger partial charge in [-0.3, -0.25) is 10.3 Å². The number of amides is 1. The Labute approximate surface area is 171 Å². The van der Waals surface area contributed by atoms with E-state index < -0.39 is 28.4 Å². The van der Waals surface area contributed by atoms with Crippen molar-refractivity contribution in [3.8, 4) is 5.69 Å². The zero-order chi connectivity index (χ0) is 20.5. The second-order valence-corrected chi connectivity index (χ2v) is 8.04. The van der Waals surface area contributed by atoms with Crippen LogP contribution in [-0.4, -0.2) is 31.3 Å². The molecule has 0 saturated heterocycles. The molecule has 0 bridgehead atoms. The molecular weight excluding hydrogens is 444 g/mol. The van der Waals surface area contributed by atoms with Crippen LogP contribution in [0.2, 0.25) is 0 Å². The fourth-order valence-corrected chi connectivity index (χ4v) is 2.45. The number of benzene rings is 1. The van der Waals surface area contributed by atoms with Crippen LogP contribution < -0.4 is 5.32 Å². The Morgan fingerprint density at radius 1 is 1.18 bits per heavy atom. The van der Waals surface area contributed by atoms with Crippen LogP contribution in [0.25, 0.3) is 16.6 Å². The van der Waals surface area contributed by atoms with Crippen molar-refractivity contribution in [1.29, 1.82) is 0 Å². The number of halogens is 6. The van der Waals surface area contributed by atoms with Gasteiger partial charge in [0.2, 0.25) is 3.79 Å². The first-order chi connectivity index (χ1) is 13.0. The van der Waals surface area contributed by atoms with Crippen molar-refractivity contribution in [2.24, 2.45) is 0 Å². The maximum Gasteiger partial charge on any atom is 0.435 e. The normalized spacial score (nSPS) is 12.2. The van der Waals surface area contributed by atoms with Gasteiger partial charge < -0.3 is 4.74 Å². The molecule has 0 aliphatic rings. The summed E-state index contributed by atoms with van der Waals surface area (Å²) in [5, 5.41) is 6.39. The molecule has 2 aromatic heterocycles. The van der Waals surface area contributed by atoms with Crippen LogP contribution in [0, 0.1) is 0 Å².